The minimum atomic E-state index is -1.58. The molecule has 2 heterocycles. The van der Waals surface area contributed by atoms with Crippen LogP contribution in [0.1, 0.15) is 38.6 Å². The van der Waals surface area contributed by atoms with Crippen LogP contribution in [-0.4, -0.2) is 37.2 Å². The molecule has 3 unspecified atom stereocenters. The van der Waals surface area contributed by atoms with Gasteiger partial charge in [-0.2, -0.15) is 0 Å². The number of hydrogen-bond donors (Lipinski definition) is 2. The van der Waals surface area contributed by atoms with Gasteiger partial charge in [-0.1, -0.05) is 42.7 Å². The van der Waals surface area contributed by atoms with Gasteiger partial charge in [0, 0.05) is 24.9 Å². The Morgan fingerprint density at radius 3 is 2.79 bits per heavy atom. The molecule has 34 heavy (non-hydrogen) atoms. The lowest BCUT2D eigenvalue weighted by molar-refractivity contribution is 0.145. The molecule has 1 saturated carbocycles. The summed E-state index contributed by atoms with van der Waals surface area (Å²) in [6, 6.07) is 5.20. The molecule has 3 N–H and O–H groups in total. The van der Waals surface area contributed by atoms with E-state index in [1.807, 2.05) is 31.3 Å². The molecule has 3 atom stereocenters. The third kappa shape index (κ3) is 4.14. The first-order valence-electron chi connectivity index (χ1n) is 11.4. The molecule has 2 aliphatic rings. The Hall–Kier alpha value is -3.04. The monoisotopic (exact) mass is 481 g/mol. The second kappa shape index (κ2) is 9.31. The van der Waals surface area contributed by atoms with E-state index in [9.17, 15) is 4.21 Å². The summed E-state index contributed by atoms with van der Waals surface area (Å²) in [5, 5.41) is 0.310. The van der Waals surface area contributed by atoms with Crippen LogP contribution in [0.2, 0.25) is 0 Å². The van der Waals surface area contributed by atoms with Crippen molar-refractivity contribution in [2.45, 2.75) is 50.0 Å². The summed E-state index contributed by atoms with van der Waals surface area (Å²) < 4.78 is 38.6. The predicted octanol–water partition coefficient (Wildman–Crippen LogP) is 4.91. The fourth-order valence-corrected chi connectivity index (χ4v) is 6.06. The van der Waals surface area contributed by atoms with Crippen molar-refractivity contribution in [1.29, 1.82) is 0 Å². The summed E-state index contributed by atoms with van der Waals surface area (Å²) in [7, 11) is -0.00377. The summed E-state index contributed by atoms with van der Waals surface area (Å²) >= 11 is 0. The van der Waals surface area contributed by atoms with Gasteiger partial charge in [-0.25, -0.2) is 18.6 Å². The van der Waals surface area contributed by atoms with Crippen LogP contribution in [0.5, 0.6) is 0 Å². The number of hydrogen-bond acceptors (Lipinski definition) is 5. The Morgan fingerprint density at radius 2 is 2.06 bits per heavy atom. The van der Waals surface area contributed by atoms with Gasteiger partial charge < -0.3 is 19.8 Å². The molecule has 5 rings (SSSR count). The standard InChI is InChI=1S/C25H28FN5O2S/c1-15-7-10-22(21(11-15)33-2)34(32)30-20-9-8-16(12-19(20)26)18-13-31(17-5-3-4-6-17)25-23(18)24(27)28-14-29-25/h7-14,17,21-22,30H,3-6H2,1-2H3,(H2,27,28,29). The van der Waals surface area contributed by atoms with Crippen molar-refractivity contribution in [2.24, 2.45) is 0 Å². The second-order valence-electron chi connectivity index (χ2n) is 8.87. The Labute approximate surface area is 200 Å². The molecule has 0 bridgehead atoms. The number of aromatic nitrogens is 3. The van der Waals surface area contributed by atoms with Crippen LogP contribution in [0.15, 0.2) is 54.5 Å². The number of methoxy groups -OCH3 is 1. The van der Waals surface area contributed by atoms with Crippen molar-refractivity contribution in [3.05, 3.63) is 60.3 Å². The Kier molecular flexibility index (Phi) is 6.22. The largest absolute Gasteiger partial charge is 0.383 e. The molecule has 1 fully saturated rings. The van der Waals surface area contributed by atoms with E-state index in [0.717, 1.165) is 35.0 Å². The summed E-state index contributed by atoms with van der Waals surface area (Å²) in [4.78, 5) is 8.66. The highest BCUT2D eigenvalue weighted by molar-refractivity contribution is 7.87. The maximum atomic E-state index is 15.2. The molecule has 1 aromatic carbocycles. The number of nitrogens with one attached hydrogen (secondary N) is 1. The maximum absolute atomic E-state index is 15.2. The maximum Gasteiger partial charge on any atom is 0.147 e. The van der Waals surface area contributed by atoms with E-state index in [0.29, 0.717) is 17.4 Å². The highest BCUT2D eigenvalue weighted by atomic mass is 32.2. The van der Waals surface area contributed by atoms with Crippen LogP contribution >= 0.6 is 0 Å². The normalized spacial score (nSPS) is 21.7. The number of nitrogens with zero attached hydrogens (tertiary/aromatic N) is 3. The first-order valence-corrected chi connectivity index (χ1v) is 12.6. The van der Waals surface area contributed by atoms with Gasteiger partial charge in [-0.15, -0.1) is 0 Å². The molecule has 178 valence electrons. The average Bonchev–Trinajstić information content (AvgIpc) is 3.49. The van der Waals surface area contributed by atoms with E-state index in [-0.39, 0.29) is 11.8 Å². The molecule has 9 heteroatoms. The van der Waals surface area contributed by atoms with Crippen LogP contribution in [0.3, 0.4) is 0 Å². The zero-order chi connectivity index (χ0) is 23.8. The van der Waals surface area contributed by atoms with Gasteiger partial charge in [0.1, 0.15) is 39.8 Å². The highest BCUT2D eigenvalue weighted by Crippen LogP contribution is 2.39. The molecule has 2 aliphatic carbocycles. The molecule has 0 saturated heterocycles. The van der Waals surface area contributed by atoms with Crippen LogP contribution in [0.25, 0.3) is 22.2 Å². The first kappa shape index (κ1) is 22.7. The van der Waals surface area contributed by atoms with Crippen molar-refractivity contribution >= 4 is 33.5 Å². The molecule has 0 radical (unpaired) electrons. The van der Waals surface area contributed by atoms with E-state index >= 15 is 4.39 Å². The van der Waals surface area contributed by atoms with Gasteiger partial charge in [-0.3, -0.25) is 0 Å². The third-order valence-corrected chi connectivity index (χ3v) is 8.01. The highest BCUT2D eigenvalue weighted by Gasteiger charge is 2.27. The first-order chi connectivity index (χ1) is 16.5. The summed E-state index contributed by atoms with van der Waals surface area (Å²) in [6.07, 6.45) is 13.3. The lowest BCUT2D eigenvalue weighted by atomic mass is 10.1. The number of allylic oxidation sites excluding steroid dienone is 2. The van der Waals surface area contributed by atoms with Crippen LogP contribution < -0.4 is 10.5 Å². The minimum Gasteiger partial charge on any atom is -0.383 e. The molecule has 0 spiro atoms. The van der Waals surface area contributed by atoms with Crippen molar-refractivity contribution in [1.82, 2.24) is 14.5 Å². The molecular weight excluding hydrogens is 453 g/mol. The number of ether oxygens (including phenoxy) is 1. The van der Waals surface area contributed by atoms with Gasteiger partial charge >= 0.3 is 0 Å². The zero-order valence-corrected chi connectivity index (χ0v) is 20.0. The van der Waals surface area contributed by atoms with Crippen molar-refractivity contribution < 1.29 is 13.3 Å². The second-order valence-corrected chi connectivity index (χ2v) is 10.2. The Balaban J connectivity index is 1.45. The summed E-state index contributed by atoms with van der Waals surface area (Å²) in [6.45, 7) is 1.95. The van der Waals surface area contributed by atoms with E-state index in [1.165, 1.54) is 25.2 Å². The zero-order valence-electron chi connectivity index (χ0n) is 19.2. The summed E-state index contributed by atoms with van der Waals surface area (Å²) in [5.74, 6) is -0.123. The molecule has 2 aromatic heterocycles. The SMILES string of the molecule is COC1C=C(C)C=CC1S(=O)Nc1ccc(-c2cn(C3CCCC3)c3ncnc(N)c23)cc1F. The molecule has 3 aromatic rings. The predicted molar refractivity (Wildman–Crippen MR) is 134 cm³/mol. The third-order valence-electron chi connectivity index (χ3n) is 6.67. The number of benzene rings is 1. The molecule has 0 aliphatic heterocycles. The lowest BCUT2D eigenvalue weighted by Crippen LogP contribution is -2.34. The topological polar surface area (TPSA) is 95.1 Å². The van der Waals surface area contributed by atoms with Crippen LogP contribution in [-0.2, 0) is 15.7 Å². The van der Waals surface area contributed by atoms with Gasteiger partial charge in [0.05, 0.1) is 17.2 Å². The number of halogens is 1. The fourth-order valence-electron chi connectivity index (χ4n) is 4.89. The number of fused-ring (bicyclic) bond motifs is 1. The lowest BCUT2D eigenvalue weighted by Gasteiger charge is -2.24. The summed E-state index contributed by atoms with van der Waals surface area (Å²) in [5.41, 5.74) is 9.67. The number of nitrogens with two attached hydrogens (primary N) is 1. The van der Waals surface area contributed by atoms with Gasteiger partial charge in [0.2, 0.25) is 0 Å². The van der Waals surface area contributed by atoms with Crippen LogP contribution in [0, 0.1) is 5.82 Å². The van der Waals surface area contributed by atoms with E-state index in [2.05, 4.69) is 19.3 Å². The average molecular weight is 482 g/mol. The van der Waals surface area contributed by atoms with Crippen molar-refractivity contribution in [2.75, 3.05) is 17.6 Å². The smallest absolute Gasteiger partial charge is 0.147 e. The molecule has 0 amide bonds. The van der Waals surface area contributed by atoms with E-state index < -0.39 is 22.1 Å². The van der Waals surface area contributed by atoms with Crippen molar-refractivity contribution in [3.63, 3.8) is 0 Å². The minimum absolute atomic E-state index is 0.167. The Bertz CT molecular complexity index is 1310. The van der Waals surface area contributed by atoms with Crippen LogP contribution in [0.4, 0.5) is 15.9 Å². The number of nitrogen functional groups attached to an aromatic ring is 1. The van der Waals surface area contributed by atoms with Crippen molar-refractivity contribution in [3.8, 4) is 11.1 Å². The van der Waals surface area contributed by atoms with Gasteiger partial charge in [0.15, 0.2) is 0 Å². The fraction of sp³-hybridized carbons (Fsp3) is 0.360. The van der Waals surface area contributed by atoms with E-state index in [4.69, 9.17) is 10.5 Å². The quantitative estimate of drug-likeness (QED) is 0.522. The van der Waals surface area contributed by atoms with Gasteiger partial charge in [0.25, 0.3) is 0 Å². The molecule has 7 nitrogen and oxygen atoms in total. The molecular formula is C25H28FN5O2S. The number of anilines is 2. The number of rotatable bonds is 6. The Morgan fingerprint density at radius 1 is 1.26 bits per heavy atom. The van der Waals surface area contributed by atoms with E-state index in [1.54, 1.807) is 19.2 Å². The van der Waals surface area contributed by atoms with Gasteiger partial charge in [-0.05, 0) is 37.5 Å².